The second-order valence-corrected chi connectivity index (χ2v) is 10.7. The Bertz CT molecular complexity index is 1100. The van der Waals surface area contributed by atoms with Crippen LogP contribution in [0, 0.1) is 5.92 Å². The Hall–Kier alpha value is -2.49. The van der Waals surface area contributed by atoms with E-state index in [2.05, 4.69) is 15.3 Å². The number of rotatable bonds is 7. The first-order chi connectivity index (χ1) is 15.0. The van der Waals surface area contributed by atoms with Gasteiger partial charge in [-0.15, -0.1) is 11.3 Å². The van der Waals surface area contributed by atoms with Crippen molar-refractivity contribution < 1.29 is 13.2 Å². The van der Waals surface area contributed by atoms with Crippen LogP contribution in [0.3, 0.4) is 0 Å². The molecule has 0 aliphatic carbocycles. The number of aromatic amines is 1. The van der Waals surface area contributed by atoms with E-state index in [4.69, 9.17) is 0 Å². The van der Waals surface area contributed by atoms with Crippen LogP contribution in [0.25, 0.3) is 11.3 Å². The quantitative estimate of drug-likeness (QED) is 0.563. The zero-order chi connectivity index (χ0) is 21.8. The first-order valence-corrected chi connectivity index (χ1v) is 12.8. The molecule has 0 radical (unpaired) electrons. The summed E-state index contributed by atoms with van der Waals surface area (Å²) in [7, 11) is -3.46. The molecule has 3 aromatic rings. The van der Waals surface area contributed by atoms with Crippen molar-refractivity contribution in [3.8, 4) is 11.3 Å². The van der Waals surface area contributed by atoms with Gasteiger partial charge in [0.25, 0.3) is 10.0 Å². The largest absolute Gasteiger partial charge is 0.346 e. The molecule has 1 aromatic carbocycles. The first kappa shape index (κ1) is 21.7. The maximum Gasteiger partial charge on any atom is 0.252 e. The lowest BCUT2D eigenvalue weighted by Gasteiger charge is -2.30. The van der Waals surface area contributed by atoms with Gasteiger partial charge >= 0.3 is 0 Å². The van der Waals surface area contributed by atoms with E-state index in [1.54, 1.807) is 23.7 Å². The Morgan fingerprint density at radius 1 is 1.23 bits per heavy atom. The van der Waals surface area contributed by atoms with Gasteiger partial charge in [-0.1, -0.05) is 43.3 Å². The number of thiophene rings is 1. The summed E-state index contributed by atoms with van der Waals surface area (Å²) in [4.78, 5) is 20.7. The zero-order valence-corrected chi connectivity index (χ0v) is 19.0. The molecule has 1 atom stereocenters. The molecular formula is C22H26N4O3S2. The Balaban J connectivity index is 1.36. The number of H-pyrrole nitrogens is 1. The molecule has 0 saturated carbocycles. The van der Waals surface area contributed by atoms with Crippen LogP contribution in [0.5, 0.6) is 0 Å². The van der Waals surface area contributed by atoms with Crippen molar-refractivity contribution >= 4 is 27.3 Å². The van der Waals surface area contributed by atoms with Crippen LogP contribution in [-0.2, 0) is 14.8 Å². The number of carbonyl (C=O) groups excluding carboxylic acids is 1. The number of nitrogens with one attached hydrogen (secondary N) is 2. The maximum atomic E-state index is 12.9. The summed E-state index contributed by atoms with van der Waals surface area (Å²) < 4.78 is 27.2. The van der Waals surface area contributed by atoms with Crippen molar-refractivity contribution in [2.24, 2.45) is 5.92 Å². The number of imidazole rings is 1. The van der Waals surface area contributed by atoms with Crippen LogP contribution in [-0.4, -0.2) is 41.7 Å². The number of benzene rings is 1. The van der Waals surface area contributed by atoms with E-state index in [0.717, 1.165) is 17.1 Å². The molecule has 4 rings (SSSR count). The van der Waals surface area contributed by atoms with Crippen LogP contribution in [0.1, 0.15) is 38.1 Å². The molecule has 1 saturated heterocycles. The van der Waals surface area contributed by atoms with Gasteiger partial charge in [-0.3, -0.25) is 4.79 Å². The maximum absolute atomic E-state index is 12.9. The SMILES string of the molecule is CCC(NC(=O)C1CCN(S(=O)(=O)c2cccs2)CC1)c1ncc(-c2ccccc2)[nH]1. The molecule has 1 aliphatic rings. The number of hydrogen-bond acceptors (Lipinski definition) is 5. The van der Waals surface area contributed by atoms with Gasteiger partial charge in [0.1, 0.15) is 10.0 Å². The van der Waals surface area contributed by atoms with E-state index in [1.807, 2.05) is 37.3 Å². The first-order valence-electron chi connectivity index (χ1n) is 10.4. The van der Waals surface area contributed by atoms with Gasteiger partial charge in [0, 0.05) is 19.0 Å². The standard InChI is InChI=1S/C22H26N4O3S2/c1-2-18(21-23-15-19(24-21)16-7-4-3-5-8-16)25-22(27)17-10-12-26(13-11-17)31(28,29)20-9-6-14-30-20/h3-9,14-15,17-18H,2,10-13H2,1H3,(H,23,24)(H,25,27). The number of carbonyl (C=O) groups is 1. The fourth-order valence-electron chi connectivity index (χ4n) is 3.83. The summed E-state index contributed by atoms with van der Waals surface area (Å²) >= 11 is 1.22. The van der Waals surface area contributed by atoms with Gasteiger partial charge in [-0.2, -0.15) is 4.31 Å². The van der Waals surface area contributed by atoms with Gasteiger partial charge < -0.3 is 10.3 Å². The van der Waals surface area contributed by atoms with Crippen LogP contribution in [0.4, 0.5) is 0 Å². The number of hydrogen-bond donors (Lipinski definition) is 2. The second kappa shape index (κ2) is 9.33. The number of aromatic nitrogens is 2. The number of sulfonamides is 1. The highest BCUT2D eigenvalue weighted by atomic mass is 32.2. The van der Waals surface area contributed by atoms with E-state index in [-0.39, 0.29) is 17.9 Å². The van der Waals surface area contributed by atoms with Gasteiger partial charge in [0.15, 0.2) is 0 Å². The Kier molecular flexibility index (Phi) is 6.54. The van der Waals surface area contributed by atoms with E-state index >= 15 is 0 Å². The van der Waals surface area contributed by atoms with Crippen molar-refractivity contribution in [3.05, 3.63) is 59.9 Å². The minimum absolute atomic E-state index is 0.0438. The molecule has 164 valence electrons. The van der Waals surface area contributed by atoms with Crippen LogP contribution >= 0.6 is 11.3 Å². The summed E-state index contributed by atoms with van der Waals surface area (Å²) in [6.45, 7) is 2.72. The van der Waals surface area contributed by atoms with Crippen LogP contribution in [0.2, 0.25) is 0 Å². The molecule has 1 aliphatic heterocycles. The molecule has 2 N–H and O–H groups in total. The van der Waals surface area contributed by atoms with Gasteiger partial charge in [0.2, 0.25) is 5.91 Å². The Morgan fingerprint density at radius 3 is 2.61 bits per heavy atom. The smallest absolute Gasteiger partial charge is 0.252 e. The van der Waals surface area contributed by atoms with Gasteiger partial charge in [0.05, 0.1) is 17.9 Å². The van der Waals surface area contributed by atoms with Crippen molar-refractivity contribution in [1.29, 1.82) is 0 Å². The highest BCUT2D eigenvalue weighted by Crippen LogP contribution is 2.27. The number of nitrogens with zero attached hydrogens (tertiary/aromatic N) is 2. The lowest BCUT2D eigenvalue weighted by molar-refractivity contribution is -0.127. The van der Waals surface area contributed by atoms with E-state index in [0.29, 0.717) is 36.6 Å². The van der Waals surface area contributed by atoms with Gasteiger partial charge in [-0.25, -0.2) is 13.4 Å². The molecular weight excluding hydrogens is 432 g/mol. The van der Waals surface area contributed by atoms with Crippen LogP contribution < -0.4 is 5.32 Å². The van der Waals surface area contributed by atoms with Crippen LogP contribution in [0.15, 0.2) is 58.3 Å². The van der Waals surface area contributed by atoms with E-state index in [1.165, 1.54) is 15.6 Å². The topological polar surface area (TPSA) is 95.2 Å². The molecule has 9 heteroatoms. The zero-order valence-electron chi connectivity index (χ0n) is 17.3. The third kappa shape index (κ3) is 4.73. The Labute approximate surface area is 186 Å². The lowest BCUT2D eigenvalue weighted by Crippen LogP contribution is -2.43. The Morgan fingerprint density at radius 2 is 1.97 bits per heavy atom. The summed E-state index contributed by atoms with van der Waals surface area (Å²) in [5.74, 6) is 0.484. The molecule has 31 heavy (non-hydrogen) atoms. The molecule has 1 amide bonds. The van der Waals surface area contributed by atoms with Crippen molar-refractivity contribution in [3.63, 3.8) is 0 Å². The minimum atomic E-state index is -3.46. The minimum Gasteiger partial charge on any atom is -0.346 e. The molecule has 1 fully saturated rings. The monoisotopic (exact) mass is 458 g/mol. The van der Waals surface area contributed by atoms with Gasteiger partial charge in [-0.05, 0) is 36.3 Å². The van der Waals surface area contributed by atoms with Crippen molar-refractivity contribution in [2.75, 3.05) is 13.1 Å². The van der Waals surface area contributed by atoms with E-state index in [9.17, 15) is 13.2 Å². The average Bonchev–Trinajstić information content (AvgIpc) is 3.51. The summed E-state index contributed by atoms with van der Waals surface area (Å²) in [5, 5.41) is 4.86. The molecule has 0 bridgehead atoms. The number of amides is 1. The average molecular weight is 459 g/mol. The summed E-state index contributed by atoms with van der Waals surface area (Å²) in [6, 6.07) is 13.1. The molecule has 3 heterocycles. The highest BCUT2D eigenvalue weighted by Gasteiger charge is 2.33. The normalized spacial score (nSPS) is 16.8. The molecule has 1 unspecified atom stereocenters. The predicted molar refractivity (Wildman–Crippen MR) is 121 cm³/mol. The molecule has 0 spiro atoms. The van der Waals surface area contributed by atoms with Crippen molar-refractivity contribution in [1.82, 2.24) is 19.6 Å². The molecule has 2 aromatic heterocycles. The number of piperidine rings is 1. The fraction of sp³-hybridized carbons (Fsp3) is 0.364. The fourth-order valence-corrected chi connectivity index (χ4v) is 6.44. The second-order valence-electron chi connectivity index (χ2n) is 7.63. The third-order valence-corrected chi connectivity index (χ3v) is 8.92. The lowest BCUT2D eigenvalue weighted by atomic mass is 9.96. The van der Waals surface area contributed by atoms with Crippen molar-refractivity contribution in [2.45, 2.75) is 36.4 Å². The predicted octanol–water partition coefficient (Wildman–Crippen LogP) is 3.81. The third-order valence-electron chi connectivity index (χ3n) is 5.65. The summed E-state index contributed by atoms with van der Waals surface area (Å²) in [5.41, 5.74) is 1.96. The summed E-state index contributed by atoms with van der Waals surface area (Å²) in [6.07, 6.45) is 3.52. The van der Waals surface area contributed by atoms with E-state index < -0.39 is 10.0 Å². The molecule has 7 nitrogen and oxygen atoms in total. The highest BCUT2D eigenvalue weighted by molar-refractivity contribution is 7.91.